The van der Waals surface area contributed by atoms with Crippen molar-refractivity contribution in [3.8, 4) is 0 Å². The molecule has 0 aromatic heterocycles. The van der Waals surface area contributed by atoms with E-state index >= 15 is 0 Å². The molecule has 0 saturated carbocycles. The van der Waals surface area contributed by atoms with Gasteiger partial charge in [-0.1, -0.05) is 0 Å². The zero-order chi connectivity index (χ0) is 9.03. The van der Waals surface area contributed by atoms with E-state index in [4.69, 9.17) is 0 Å². The molecule has 0 atom stereocenters. The second kappa shape index (κ2) is 4.48. The normalized spacial score (nSPS) is 19.1. The molecule has 1 aliphatic heterocycles. The molecule has 0 unspecified atom stereocenters. The third kappa shape index (κ3) is 4.33. The fourth-order valence-electron chi connectivity index (χ4n) is 0.927. The summed E-state index contributed by atoms with van der Waals surface area (Å²) in [5, 5.41) is 3.19. The molecule has 1 fully saturated rings. The summed E-state index contributed by atoms with van der Waals surface area (Å²) in [4.78, 5) is 0. The molecule has 12 heavy (non-hydrogen) atoms. The van der Waals surface area contributed by atoms with E-state index in [0.29, 0.717) is 5.75 Å². The van der Waals surface area contributed by atoms with Crippen molar-refractivity contribution in [1.82, 2.24) is 5.32 Å². The van der Waals surface area contributed by atoms with Gasteiger partial charge in [-0.15, -0.1) is 0 Å². The highest BCUT2D eigenvalue weighted by atomic mass is 32.2. The van der Waals surface area contributed by atoms with Crippen LogP contribution >= 0.6 is 11.8 Å². The smallest absolute Gasteiger partial charge is 0.148 e. The van der Waals surface area contributed by atoms with E-state index in [1.54, 1.807) is 11.8 Å². The van der Waals surface area contributed by atoms with E-state index in [-0.39, 0.29) is 0 Å². The number of sulfone groups is 1. The van der Waals surface area contributed by atoms with E-state index in [1.165, 1.54) is 6.26 Å². The molecule has 0 spiro atoms. The Bertz CT molecular complexity index is 222. The maximum Gasteiger partial charge on any atom is 0.148 e. The van der Waals surface area contributed by atoms with Crippen molar-refractivity contribution in [2.24, 2.45) is 5.92 Å². The van der Waals surface area contributed by atoms with Crippen LogP contribution in [-0.2, 0) is 9.84 Å². The van der Waals surface area contributed by atoms with Crippen molar-refractivity contribution in [3.63, 3.8) is 0 Å². The van der Waals surface area contributed by atoms with Crippen LogP contribution in [0.1, 0.15) is 0 Å². The predicted molar refractivity (Wildman–Crippen MR) is 53.4 cm³/mol. The van der Waals surface area contributed by atoms with Gasteiger partial charge in [0.05, 0.1) is 5.75 Å². The molecule has 0 aromatic rings. The number of hydrogen-bond acceptors (Lipinski definition) is 4. The minimum Gasteiger partial charge on any atom is -0.316 e. The van der Waals surface area contributed by atoms with Crippen molar-refractivity contribution in [2.45, 2.75) is 0 Å². The molecule has 0 amide bonds. The van der Waals surface area contributed by atoms with Crippen molar-refractivity contribution in [1.29, 1.82) is 0 Å². The van der Waals surface area contributed by atoms with Gasteiger partial charge in [0.25, 0.3) is 0 Å². The minimum absolute atomic E-state index is 0.317. The maximum atomic E-state index is 10.7. The molecule has 0 aromatic carbocycles. The highest BCUT2D eigenvalue weighted by molar-refractivity contribution is 8.00. The lowest BCUT2D eigenvalue weighted by molar-refractivity contribution is 0.385. The van der Waals surface area contributed by atoms with Gasteiger partial charge >= 0.3 is 0 Å². The second-order valence-electron chi connectivity index (χ2n) is 3.23. The first-order chi connectivity index (χ1) is 5.58. The molecule has 0 radical (unpaired) electrons. The fourth-order valence-corrected chi connectivity index (χ4v) is 3.34. The van der Waals surface area contributed by atoms with E-state index in [1.807, 2.05) is 0 Å². The van der Waals surface area contributed by atoms with E-state index in [0.717, 1.165) is 30.5 Å². The van der Waals surface area contributed by atoms with E-state index < -0.39 is 9.84 Å². The number of nitrogens with one attached hydrogen (secondary N) is 1. The summed E-state index contributed by atoms with van der Waals surface area (Å²) in [6, 6.07) is 0. The van der Waals surface area contributed by atoms with Crippen LogP contribution in [0.5, 0.6) is 0 Å². The SMILES string of the molecule is CS(=O)(=O)CCSCC1CNC1. The minimum atomic E-state index is -2.75. The molecule has 1 rings (SSSR count). The molecule has 1 N–H and O–H groups in total. The molecular formula is C7H15NO2S2. The number of thioether (sulfide) groups is 1. The summed E-state index contributed by atoms with van der Waals surface area (Å²) < 4.78 is 21.5. The summed E-state index contributed by atoms with van der Waals surface area (Å²) in [6.45, 7) is 2.21. The Morgan fingerprint density at radius 2 is 2.17 bits per heavy atom. The number of hydrogen-bond donors (Lipinski definition) is 1. The van der Waals surface area contributed by atoms with Crippen LogP contribution in [0.15, 0.2) is 0 Å². The summed E-state index contributed by atoms with van der Waals surface area (Å²) in [6.07, 6.45) is 1.29. The Balaban J connectivity index is 1.95. The lowest BCUT2D eigenvalue weighted by atomic mass is 10.1. The van der Waals surface area contributed by atoms with E-state index in [9.17, 15) is 8.42 Å². The molecule has 1 aliphatic rings. The lowest BCUT2D eigenvalue weighted by Crippen LogP contribution is -2.43. The van der Waals surface area contributed by atoms with Crippen LogP contribution in [-0.4, -0.2) is 45.0 Å². The monoisotopic (exact) mass is 209 g/mol. The van der Waals surface area contributed by atoms with Crippen LogP contribution in [0.25, 0.3) is 0 Å². The summed E-state index contributed by atoms with van der Waals surface area (Å²) >= 11 is 1.74. The Morgan fingerprint density at radius 1 is 1.50 bits per heavy atom. The van der Waals surface area contributed by atoms with Crippen LogP contribution < -0.4 is 5.32 Å². The predicted octanol–water partition coefficient (Wildman–Crippen LogP) is -0.0164. The van der Waals surface area contributed by atoms with E-state index in [2.05, 4.69) is 5.32 Å². The van der Waals surface area contributed by atoms with Gasteiger partial charge in [0, 0.05) is 12.0 Å². The lowest BCUT2D eigenvalue weighted by Gasteiger charge is -2.26. The second-order valence-corrected chi connectivity index (χ2v) is 6.64. The van der Waals surface area contributed by atoms with Crippen molar-refractivity contribution < 1.29 is 8.42 Å². The molecular weight excluding hydrogens is 194 g/mol. The van der Waals surface area contributed by atoms with Gasteiger partial charge in [0.1, 0.15) is 9.84 Å². The highest BCUT2D eigenvalue weighted by Gasteiger charge is 2.16. The Kier molecular flexibility index (Phi) is 3.86. The molecule has 72 valence electrons. The van der Waals surface area contributed by atoms with Crippen LogP contribution in [0.3, 0.4) is 0 Å². The van der Waals surface area contributed by atoms with Gasteiger partial charge in [0.15, 0.2) is 0 Å². The van der Waals surface area contributed by atoms with Crippen LogP contribution in [0.4, 0.5) is 0 Å². The molecule has 0 bridgehead atoms. The van der Waals surface area contributed by atoms with Gasteiger partial charge in [0.2, 0.25) is 0 Å². The van der Waals surface area contributed by atoms with Gasteiger partial charge in [-0.3, -0.25) is 0 Å². The largest absolute Gasteiger partial charge is 0.316 e. The van der Waals surface area contributed by atoms with Gasteiger partial charge < -0.3 is 5.32 Å². The zero-order valence-corrected chi connectivity index (χ0v) is 8.88. The Morgan fingerprint density at radius 3 is 2.58 bits per heavy atom. The van der Waals surface area contributed by atoms with Crippen LogP contribution in [0.2, 0.25) is 0 Å². The molecule has 3 nitrogen and oxygen atoms in total. The average Bonchev–Trinajstić information content (AvgIpc) is 1.80. The Hall–Kier alpha value is 0.260. The molecule has 1 heterocycles. The Labute approximate surface area is 78.2 Å². The fraction of sp³-hybridized carbons (Fsp3) is 1.00. The quantitative estimate of drug-likeness (QED) is 0.647. The van der Waals surface area contributed by atoms with Gasteiger partial charge in [-0.25, -0.2) is 8.42 Å². The van der Waals surface area contributed by atoms with Crippen molar-refractivity contribution >= 4 is 21.6 Å². The van der Waals surface area contributed by atoms with Crippen molar-refractivity contribution in [3.05, 3.63) is 0 Å². The molecule has 1 saturated heterocycles. The summed E-state index contributed by atoms with van der Waals surface area (Å²) in [7, 11) is -2.75. The molecule has 5 heteroatoms. The average molecular weight is 209 g/mol. The van der Waals surface area contributed by atoms with Gasteiger partial charge in [-0.2, -0.15) is 11.8 Å². The first-order valence-electron chi connectivity index (χ1n) is 4.04. The maximum absolute atomic E-state index is 10.7. The van der Waals surface area contributed by atoms with Crippen LogP contribution in [0, 0.1) is 5.92 Å². The van der Waals surface area contributed by atoms with Crippen molar-refractivity contribution in [2.75, 3.05) is 36.6 Å². The number of rotatable bonds is 5. The summed E-state index contributed by atoms with van der Waals surface area (Å²) in [5.41, 5.74) is 0. The first kappa shape index (κ1) is 10.3. The topological polar surface area (TPSA) is 46.2 Å². The standard InChI is InChI=1S/C7H15NO2S2/c1-12(9,10)3-2-11-6-7-4-8-5-7/h7-8H,2-6H2,1H3. The first-order valence-corrected chi connectivity index (χ1v) is 7.25. The third-order valence-corrected chi connectivity index (χ3v) is 4.22. The third-order valence-electron chi connectivity index (χ3n) is 1.82. The summed E-state index contributed by atoms with van der Waals surface area (Å²) in [5.74, 6) is 2.94. The molecule has 0 aliphatic carbocycles. The zero-order valence-electron chi connectivity index (χ0n) is 7.25. The van der Waals surface area contributed by atoms with Gasteiger partial charge in [-0.05, 0) is 24.8 Å². The highest BCUT2D eigenvalue weighted by Crippen LogP contribution is 2.12.